The van der Waals surface area contributed by atoms with Crippen LogP contribution in [0.25, 0.3) is 0 Å². The molecule has 2 N–H and O–H groups in total. The molecule has 0 saturated carbocycles. The van der Waals surface area contributed by atoms with Crippen molar-refractivity contribution in [2.45, 2.75) is 0 Å². The van der Waals surface area contributed by atoms with Gasteiger partial charge in [-0.3, -0.25) is 0 Å². The van der Waals surface area contributed by atoms with Crippen LogP contribution in [-0.4, -0.2) is 32.1 Å². The van der Waals surface area contributed by atoms with Gasteiger partial charge in [0.15, 0.2) is 5.96 Å². The van der Waals surface area contributed by atoms with Crippen molar-refractivity contribution in [3.8, 4) is 5.75 Å². The fourth-order valence-corrected chi connectivity index (χ4v) is 0.889. The highest BCUT2D eigenvalue weighted by Crippen LogP contribution is 2.17. The standard InChI is InChI=1S/C10H15N3O/c1-13(2)10(11)12-8-4-6-9(14-3)7-5-8/h4-7H,1-3H3,(H2,11,12). The first-order chi connectivity index (χ1) is 6.63. The van der Waals surface area contributed by atoms with Crippen LogP contribution in [0.5, 0.6) is 5.75 Å². The fraction of sp³-hybridized carbons (Fsp3) is 0.300. The van der Waals surface area contributed by atoms with Crippen LogP contribution in [0, 0.1) is 0 Å². The minimum atomic E-state index is 0.482. The Morgan fingerprint density at radius 2 is 1.86 bits per heavy atom. The highest BCUT2D eigenvalue weighted by molar-refractivity contribution is 5.80. The minimum Gasteiger partial charge on any atom is -0.497 e. The number of nitrogens with two attached hydrogens (primary N) is 1. The largest absolute Gasteiger partial charge is 0.497 e. The van der Waals surface area contributed by atoms with E-state index in [0.29, 0.717) is 5.96 Å². The van der Waals surface area contributed by atoms with Crippen molar-refractivity contribution in [3.63, 3.8) is 0 Å². The number of aliphatic imine (C=N–C) groups is 1. The quantitative estimate of drug-likeness (QED) is 0.567. The van der Waals surface area contributed by atoms with Crippen molar-refractivity contribution in [1.29, 1.82) is 0 Å². The van der Waals surface area contributed by atoms with Crippen LogP contribution >= 0.6 is 0 Å². The molecule has 0 atom stereocenters. The molecular weight excluding hydrogens is 178 g/mol. The van der Waals surface area contributed by atoms with Crippen LogP contribution in [0.15, 0.2) is 29.3 Å². The number of rotatable bonds is 2. The molecule has 0 saturated heterocycles. The van der Waals surface area contributed by atoms with Crippen LogP contribution in [-0.2, 0) is 0 Å². The second kappa shape index (κ2) is 4.50. The molecule has 0 spiro atoms. The molecular formula is C10H15N3O. The van der Waals surface area contributed by atoms with Gasteiger partial charge in [0.2, 0.25) is 0 Å². The monoisotopic (exact) mass is 193 g/mol. The van der Waals surface area contributed by atoms with E-state index in [2.05, 4.69) is 4.99 Å². The van der Waals surface area contributed by atoms with Crippen LogP contribution in [0.1, 0.15) is 0 Å². The second-order valence-electron chi connectivity index (χ2n) is 3.06. The summed E-state index contributed by atoms with van der Waals surface area (Å²) in [6.45, 7) is 0. The van der Waals surface area contributed by atoms with Crippen LogP contribution in [0.3, 0.4) is 0 Å². The number of ether oxygens (including phenoxy) is 1. The van der Waals surface area contributed by atoms with Gasteiger partial charge >= 0.3 is 0 Å². The molecule has 1 aromatic rings. The topological polar surface area (TPSA) is 50.9 Å². The number of hydrogen-bond donors (Lipinski definition) is 1. The number of hydrogen-bond acceptors (Lipinski definition) is 2. The Morgan fingerprint density at radius 3 is 2.29 bits per heavy atom. The van der Waals surface area contributed by atoms with Crippen molar-refractivity contribution in [2.24, 2.45) is 10.7 Å². The minimum absolute atomic E-state index is 0.482. The van der Waals surface area contributed by atoms with Crippen LogP contribution in [0.4, 0.5) is 5.69 Å². The summed E-state index contributed by atoms with van der Waals surface area (Å²) in [5, 5.41) is 0. The van der Waals surface area contributed by atoms with Gasteiger partial charge in [0.1, 0.15) is 5.75 Å². The highest BCUT2D eigenvalue weighted by atomic mass is 16.5. The Labute approximate surface area is 84.0 Å². The van der Waals surface area contributed by atoms with Gasteiger partial charge in [0, 0.05) is 14.1 Å². The van der Waals surface area contributed by atoms with Crippen molar-refractivity contribution in [2.75, 3.05) is 21.2 Å². The van der Waals surface area contributed by atoms with Gasteiger partial charge in [0.25, 0.3) is 0 Å². The van der Waals surface area contributed by atoms with Gasteiger partial charge in [0.05, 0.1) is 12.8 Å². The van der Waals surface area contributed by atoms with Gasteiger partial charge in [-0.15, -0.1) is 0 Å². The summed E-state index contributed by atoms with van der Waals surface area (Å²) in [5.74, 6) is 1.29. The van der Waals surface area contributed by atoms with Gasteiger partial charge in [-0.1, -0.05) is 0 Å². The molecule has 0 fully saturated rings. The molecule has 0 aromatic heterocycles. The molecule has 0 bridgehead atoms. The Balaban J connectivity index is 2.83. The summed E-state index contributed by atoms with van der Waals surface area (Å²) >= 11 is 0. The van der Waals surface area contributed by atoms with Crippen LogP contribution < -0.4 is 10.5 Å². The Bertz CT molecular complexity index is 317. The highest BCUT2D eigenvalue weighted by Gasteiger charge is 1.95. The maximum Gasteiger partial charge on any atom is 0.195 e. The normalized spacial score (nSPS) is 11.2. The van der Waals surface area contributed by atoms with E-state index in [1.54, 1.807) is 12.0 Å². The molecule has 1 rings (SSSR count). The molecule has 0 unspecified atom stereocenters. The van der Waals surface area contributed by atoms with E-state index in [1.165, 1.54) is 0 Å². The van der Waals surface area contributed by atoms with E-state index >= 15 is 0 Å². The summed E-state index contributed by atoms with van der Waals surface area (Å²) in [4.78, 5) is 5.95. The Kier molecular flexibility index (Phi) is 3.34. The van der Waals surface area contributed by atoms with E-state index < -0.39 is 0 Å². The molecule has 0 radical (unpaired) electrons. The summed E-state index contributed by atoms with van der Waals surface area (Å²) in [5.41, 5.74) is 6.48. The van der Waals surface area contributed by atoms with Gasteiger partial charge < -0.3 is 15.4 Å². The molecule has 0 amide bonds. The SMILES string of the molecule is COc1ccc(N=C(N)N(C)C)cc1. The van der Waals surface area contributed by atoms with E-state index in [-0.39, 0.29) is 0 Å². The Morgan fingerprint density at radius 1 is 1.29 bits per heavy atom. The third-order valence-corrected chi connectivity index (χ3v) is 1.77. The molecule has 4 heteroatoms. The molecule has 76 valence electrons. The third kappa shape index (κ3) is 2.65. The zero-order valence-electron chi connectivity index (χ0n) is 8.69. The summed E-state index contributed by atoms with van der Waals surface area (Å²) < 4.78 is 5.03. The van der Waals surface area contributed by atoms with Crippen molar-refractivity contribution in [3.05, 3.63) is 24.3 Å². The van der Waals surface area contributed by atoms with Gasteiger partial charge in [-0.25, -0.2) is 4.99 Å². The lowest BCUT2D eigenvalue weighted by molar-refractivity contribution is 0.415. The molecule has 0 aliphatic heterocycles. The predicted molar refractivity (Wildman–Crippen MR) is 58.0 cm³/mol. The molecule has 0 aliphatic rings. The average molecular weight is 193 g/mol. The van der Waals surface area contributed by atoms with E-state index in [0.717, 1.165) is 11.4 Å². The Hall–Kier alpha value is -1.71. The second-order valence-corrected chi connectivity index (χ2v) is 3.06. The molecule has 4 nitrogen and oxygen atoms in total. The zero-order chi connectivity index (χ0) is 10.6. The smallest absolute Gasteiger partial charge is 0.195 e. The van der Waals surface area contributed by atoms with Crippen LogP contribution in [0.2, 0.25) is 0 Å². The summed E-state index contributed by atoms with van der Waals surface area (Å²) in [6, 6.07) is 7.41. The average Bonchev–Trinajstić information content (AvgIpc) is 2.19. The maximum atomic E-state index is 5.66. The first-order valence-corrected chi connectivity index (χ1v) is 4.29. The van der Waals surface area contributed by atoms with E-state index in [9.17, 15) is 0 Å². The van der Waals surface area contributed by atoms with Gasteiger partial charge in [-0.05, 0) is 24.3 Å². The fourth-order valence-electron chi connectivity index (χ4n) is 0.889. The first-order valence-electron chi connectivity index (χ1n) is 4.29. The van der Waals surface area contributed by atoms with Crippen molar-refractivity contribution in [1.82, 2.24) is 4.90 Å². The van der Waals surface area contributed by atoms with E-state index in [1.807, 2.05) is 38.4 Å². The lowest BCUT2D eigenvalue weighted by atomic mass is 10.3. The van der Waals surface area contributed by atoms with Crippen molar-refractivity contribution < 1.29 is 4.74 Å². The lowest BCUT2D eigenvalue weighted by Crippen LogP contribution is -2.29. The molecule has 0 heterocycles. The summed E-state index contributed by atoms with van der Waals surface area (Å²) in [7, 11) is 5.33. The number of guanidine groups is 1. The first kappa shape index (κ1) is 10.4. The predicted octanol–water partition coefficient (Wildman–Crippen LogP) is 1.20. The molecule has 14 heavy (non-hydrogen) atoms. The molecule has 0 aliphatic carbocycles. The van der Waals surface area contributed by atoms with Gasteiger partial charge in [-0.2, -0.15) is 0 Å². The number of benzene rings is 1. The molecule has 1 aromatic carbocycles. The van der Waals surface area contributed by atoms with Crippen molar-refractivity contribution >= 4 is 11.6 Å². The zero-order valence-corrected chi connectivity index (χ0v) is 8.69. The van der Waals surface area contributed by atoms with E-state index in [4.69, 9.17) is 10.5 Å². The number of nitrogens with zero attached hydrogens (tertiary/aromatic N) is 2. The maximum absolute atomic E-state index is 5.66. The third-order valence-electron chi connectivity index (χ3n) is 1.77. The summed E-state index contributed by atoms with van der Waals surface area (Å²) in [6.07, 6.45) is 0. The lowest BCUT2D eigenvalue weighted by Gasteiger charge is -2.10. The number of methoxy groups -OCH3 is 1.